The first-order chi connectivity index (χ1) is 9.08. The molecule has 2 atom stereocenters. The molecule has 3 heteroatoms. The zero-order valence-electron chi connectivity index (χ0n) is 12.5. The molecule has 0 amide bonds. The highest BCUT2D eigenvalue weighted by Crippen LogP contribution is 2.23. The van der Waals surface area contributed by atoms with E-state index in [2.05, 4.69) is 19.2 Å². The molecule has 0 aromatic heterocycles. The van der Waals surface area contributed by atoms with Crippen molar-refractivity contribution in [3.8, 4) is 5.75 Å². The zero-order chi connectivity index (χ0) is 14.3. The largest absolute Gasteiger partial charge is 0.488 e. The summed E-state index contributed by atoms with van der Waals surface area (Å²) in [5.41, 5.74) is 0.960. The first-order valence-electron chi connectivity index (χ1n) is 7.27. The average Bonchev–Trinajstić information content (AvgIpc) is 2.38. The van der Waals surface area contributed by atoms with Crippen LogP contribution in [0.15, 0.2) is 18.2 Å². The SMILES string of the molecule is CCCNC(C)c1ccc(OC(C)CCC)c(F)c1. The number of ether oxygens (including phenoxy) is 1. The van der Waals surface area contributed by atoms with Gasteiger partial charge in [0, 0.05) is 6.04 Å². The molecule has 0 bridgehead atoms. The van der Waals surface area contributed by atoms with Crippen molar-refractivity contribution in [3.05, 3.63) is 29.6 Å². The van der Waals surface area contributed by atoms with Crippen LogP contribution >= 0.6 is 0 Å². The average molecular weight is 267 g/mol. The van der Waals surface area contributed by atoms with E-state index in [1.165, 1.54) is 0 Å². The predicted octanol–water partition coefficient (Wildman–Crippen LogP) is 4.45. The molecule has 0 aliphatic carbocycles. The Hall–Kier alpha value is -1.09. The molecule has 1 aromatic carbocycles. The topological polar surface area (TPSA) is 21.3 Å². The van der Waals surface area contributed by atoms with Gasteiger partial charge >= 0.3 is 0 Å². The lowest BCUT2D eigenvalue weighted by molar-refractivity contribution is 0.200. The van der Waals surface area contributed by atoms with Gasteiger partial charge in [-0.15, -0.1) is 0 Å². The number of halogens is 1. The summed E-state index contributed by atoms with van der Waals surface area (Å²) >= 11 is 0. The van der Waals surface area contributed by atoms with E-state index in [0.717, 1.165) is 31.4 Å². The lowest BCUT2D eigenvalue weighted by Crippen LogP contribution is -2.19. The lowest BCUT2D eigenvalue weighted by Gasteiger charge is -2.17. The quantitative estimate of drug-likeness (QED) is 0.751. The van der Waals surface area contributed by atoms with Gasteiger partial charge < -0.3 is 10.1 Å². The minimum Gasteiger partial charge on any atom is -0.488 e. The first kappa shape index (κ1) is 16.0. The predicted molar refractivity (Wildman–Crippen MR) is 78.1 cm³/mol. The lowest BCUT2D eigenvalue weighted by atomic mass is 10.1. The third-order valence-corrected chi connectivity index (χ3v) is 3.18. The third kappa shape index (κ3) is 5.19. The highest BCUT2D eigenvalue weighted by molar-refractivity contribution is 5.31. The molecule has 0 spiro atoms. The molecule has 0 radical (unpaired) electrons. The monoisotopic (exact) mass is 267 g/mol. The molecule has 0 aliphatic rings. The van der Waals surface area contributed by atoms with E-state index in [4.69, 9.17) is 4.74 Å². The van der Waals surface area contributed by atoms with Gasteiger partial charge in [0.05, 0.1) is 6.10 Å². The van der Waals surface area contributed by atoms with E-state index in [9.17, 15) is 4.39 Å². The number of hydrogen-bond acceptors (Lipinski definition) is 2. The fraction of sp³-hybridized carbons (Fsp3) is 0.625. The minimum absolute atomic E-state index is 0.0565. The van der Waals surface area contributed by atoms with Gasteiger partial charge in [0.25, 0.3) is 0 Å². The van der Waals surface area contributed by atoms with Gasteiger partial charge in [0.1, 0.15) is 0 Å². The second-order valence-electron chi connectivity index (χ2n) is 5.08. The molecule has 108 valence electrons. The Bertz CT molecular complexity index is 381. The molecular weight excluding hydrogens is 241 g/mol. The highest BCUT2D eigenvalue weighted by atomic mass is 19.1. The fourth-order valence-electron chi connectivity index (χ4n) is 2.04. The van der Waals surface area contributed by atoms with Crippen molar-refractivity contribution >= 4 is 0 Å². The van der Waals surface area contributed by atoms with Crippen molar-refractivity contribution < 1.29 is 9.13 Å². The summed E-state index contributed by atoms with van der Waals surface area (Å²) in [6.45, 7) is 9.17. The smallest absolute Gasteiger partial charge is 0.165 e. The summed E-state index contributed by atoms with van der Waals surface area (Å²) in [7, 11) is 0. The van der Waals surface area contributed by atoms with Crippen LogP contribution in [-0.4, -0.2) is 12.6 Å². The standard InChI is InChI=1S/C16H26FNO/c1-5-7-12(3)19-16-9-8-14(11-15(16)17)13(4)18-10-6-2/h8-9,11-13,18H,5-7,10H2,1-4H3. The molecule has 0 saturated carbocycles. The Kier molecular flexibility index (Phi) is 6.85. The van der Waals surface area contributed by atoms with Crippen LogP contribution in [0.2, 0.25) is 0 Å². The molecule has 0 saturated heterocycles. The highest BCUT2D eigenvalue weighted by Gasteiger charge is 2.11. The Morgan fingerprint density at radius 2 is 1.95 bits per heavy atom. The van der Waals surface area contributed by atoms with Crippen molar-refractivity contribution in [2.24, 2.45) is 0 Å². The summed E-state index contributed by atoms with van der Waals surface area (Å²) in [5, 5.41) is 3.35. The van der Waals surface area contributed by atoms with E-state index >= 15 is 0 Å². The van der Waals surface area contributed by atoms with E-state index in [1.807, 2.05) is 19.9 Å². The van der Waals surface area contributed by atoms with Gasteiger partial charge in [0.2, 0.25) is 0 Å². The Labute approximate surface area is 116 Å². The van der Waals surface area contributed by atoms with Gasteiger partial charge in [-0.2, -0.15) is 0 Å². The van der Waals surface area contributed by atoms with Gasteiger partial charge in [0.15, 0.2) is 11.6 Å². The molecule has 1 N–H and O–H groups in total. The van der Waals surface area contributed by atoms with Crippen LogP contribution in [0.4, 0.5) is 4.39 Å². The molecule has 2 unspecified atom stereocenters. The zero-order valence-corrected chi connectivity index (χ0v) is 12.5. The van der Waals surface area contributed by atoms with E-state index in [0.29, 0.717) is 5.75 Å². The second kappa shape index (κ2) is 8.16. The fourth-order valence-corrected chi connectivity index (χ4v) is 2.04. The van der Waals surface area contributed by atoms with Gasteiger partial charge in [-0.1, -0.05) is 26.3 Å². The third-order valence-electron chi connectivity index (χ3n) is 3.18. The number of rotatable bonds is 8. The summed E-state index contributed by atoms with van der Waals surface area (Å²) < 4.78 is 19.6. The molecule has 0 heterocycles. The Morgan fingerprint density at radius 3 is 2.53 bits per heavy atom. The maximum Gasteiger partial charge on any atom is 0.165 e. The van der Waals surface area contributed by atoms with Crippen LogP contribution in [0.5, 0.6) is 5.75 Å². The van der Waals surface area contributed by atoms with Gasteiger partial charge in [-0.25, -0.2) is 4.39 Å². The number of hydrogen-bond donors (Lipinski definition) is 1. The molecule has 0 fully saturated rings. The van der Waals surface area contributed by atoms with Crippen LogP contribution in [0, 0.1) is 5.82 Å². The maximum absolute atomic E-state index is 14.0. The number of nitrogens with one attached hydrogen (secondary N) is 1. The van der Waals surface area contributed by atoms with Crippen molar-refractivity contribution in [1.29, 1.82) is 0 Å². The first-order valence-corrected chi connectivity index (χ1v) is 7.27. The normalized spacial score (nSPS) is 14.2. The molecule has 19 heavy (non-hydrogen) atoms. The van der Waals surface area contributed by atoms with Crippen molar-refractivity contribution in [3.63, 3.8) is 0 Å². The van der Waals surface area contributed by atoms with E-state index in [1.54, 1.807) is 12.1 Å². The Balaban J connectivity index is 2.68. The summed E-state index contributed by atoms with van der Waals surface area (Å²) in [5.74, 6) is 0.0815. The second-order valence-corrected chi connectivity index (χ2v) is 5.08. The van der Waals surface area contributed by atoms with Crippen LogP contribution in [0.3, 0.4) is 0 Å². The molecule has 0 aliphatic heterocycles. The van der Waals surface area contributed by atoms with Gasteiger partial charge in [-0.05, 0) is 50.9 Å². The van der Waals surface area contributed by atoms with Gasteiger partial charge in [-0.3, -0.25) is 0 Å². The van der Waals surface area contributed by atoms with Crippen LogP contribution in [0.1, 0.15) is 58.6 Å². The van der Waals surface area contributed by atoms with E-state index < -0.39 is 0 Å². The molecule has 1 rings (SSSR count). The summed E-state index contributed by atoms with van der Waals surface area (Å²) in [4.78, 5) is 0. The van der Waals surface area contributed by atoms with Crippen molar-refractivity contribution in [2.75, 3.05) is 6.54 Å². The van der Waals surface area contributed by atoms with Crippen LogP contribution < -0.4 is 10.1 Å². The van der Waals surface area contributed by atoms with E-state index in [-0.39, 0.29) is 18.0 Å². The maximum atomic E-state index is 14.0. The van der Waals surface area contributed by atoms with Crippen LogP contribution in [0.25, 0.3) is 0 Å². The summed E-state index contributed by atoms with van der Waals surface area (Å²) in [6, 6.07) is 5.41. The Morgan fingerprint density at radius 1 is 1.21 bits per heavy atom. The molecular formula is C16H26FNO. The number of benzene rings is 1. The van der Waals surface area contributed by atoms with Crippen molar-refractivity contribution in [1.82, 2.24) is 5.32 Å². The minimum atomic E-state index is -0.273. The molecule has 2 nitrogen and oxygen atoms in total. The molecule has 1 aromatic rings. The summed E-state index contributed by atoms with van der Waals surface area (Å²) in [6.07, 6.45) is 3.11. The van der Waals surface area contributed by atoms with Crippen molar-refractivity contribution in [2.45, 2.75) is 59.1 Å². The van der Waals surface area contributed by atoms with Crippen LogP contribution in [-0.2, 0) is 0 Å².